The van der Waals surface area contributed by atoms with Crippen molar-refractivity contribution in [2.24, 2.45) is 7.05 Å². The van der Waals surface area contributed by atoms with Crippen LogP contribution in [0.5, 0.6) is 0 Å². The Morgan fingerprint density at radius 1 is 0.853 bits per heavy atom. The van der Waals surface area contributed by atoms with Gasteiger partial charge in [-0.05, 0) is 29.7 Å². The van der Waals surface area contributed by atoms with Gasteiger partial charge in [-0.25, -0.2) is 0 Å². The van der Waals surface area contributed by atoms with E-state index >= 15 is 0 Å². The molecule has 3 aromatic carbocycles. The minimum atomic E-state index is 0.0431. The molecule has 0 N–H and O–H groups in total. The second kappa shape index (κ2) is 9.86. The van der Waals surface area contributed by atoms with Crippen LogP contribution in [0.1, 0.15) is 34.6 Å². The van der Waals surface area contributed by atoms with Crippen LogP contribution in [0, 0.1) is 6.92 Å². The van der Waals surface area contributed by atoms with E-state index in [1.54, 1.807) is 0 Å². The van der Waals surface area contributed by atoms with Gasteiger partial charge >= 0.3 is 0 Å². The summed E-state index contributed by atoms with van der Waals surface area (Å²) in [6, 6.07) is 27.8. The largest absolute Gasteiger partial charge is 0.350 e. The molecule has 1 saturated heterocycles. The van der Waals surface area contributed by atoms with Crippen LogP contribution in [0.4, 0.5) is 0 Å². The molecule has 5 rings (SSSR count). The van der Waals surface area contributed by atoms with Gasteiger partial charge < -0.3 is 9.47 Å². The summed E-state index contributed by atoms with van der Waals surface area (Å²) in [6.07, 6.45) is 2.70. The number of amides is 1. The van der Waals surface area contributed by atoms with E-state index in [0.29, 0.717) is 6.42 Å². The molecule has 0 spiro atoms. The molecule has 4 aromatic rings. The number of para-hydroxylation sites is 1. The molecule has 1 amide bonds. The lowest BCUT2D eigenvalue weighted by Gasteiger charge is -2.35. The van der Waals surface area contributed by atoms with Crippen molar-refractivity contribution >= 4 is 16.8 Å². The summed E-state index contributed by atoms with van der Waals surface area (Å²) in [4.78, 5) is 18.0. The number of hydrogen-bond acceptors (Lipinski definition) is 2. The maximum atomic E-state index is 13.5. The van der Waals surface area contributed by atoms with Gasteiger partial charge in [0.05, 0.1) is 0 Å². The third-order valence-electron chi connectivity index (χ3n) is 7.14. The summed E-state index contributed by atoms with van der Waals surface area (Å²) in [5.74, 6) is 0.291. The molecule has 0 saturated carbocycles. The summed E-state index contributed by atoms with van der Waals surface area (Å²) < 4.78 is 2.18. The Balaban J connectivity index is 1.34. The Hall–Kier alpha value is -3.37. The van der Waals surface area contributed by atoms with Gasteiger partial charge in [0.2, 0.25) is 5.91 Å². The van der Waals surface area contributed by atoms with E-state index in [2.05, 4.69) is 113 Å². The second-order valence-corrected chi connectivity index (χ2v) is 9.52. The van der Waals surface area contributed by atoms with Gasteiger partial charge in [0.1, 0.15) is 0 Å². The zero-order chi connectivity index (χ0) is 23.5. The van der Waals surface area contributed by atoms with Gasteiger partial charge in [-0.1, -0.05) is 78.4 Å². The topological polar surface area (TPSA) is 28.5 Å². The second-order valence-electron chi connectivity index (χ2n) is 9.52. The first-order valence-electron chi connectivity index (χ1n) is 12.2. The van der Waals surface area contributed by atoms with Crippen molar-refractivity contribution < 1.29 is 4.79 Å². The first-order valence-corrected chi connectivity index (χ1v) is 12.2. The molecular formula is C30H33N3O. The van der Waals surface area contributed by atoms with Crippen molar-refractivity contribution in [3.63, 3.8) is 0 Å². The summed E-state index contributed by atoms with van der Waals surface area (Å²) >= 11 is 0. The first-order chi connectivity index (χ1) is 16.6. The predicted octanol–water partition coefficient (Wildman–Crippen LogP) is 5.35. The van der Waals surface area contributed by atoms with Crippen molar-refractivity contribution in [2.45, 2.75) is 25.8 Å². The van der Waals surface area contributed by atoms with Crippen molar-refractivity contribution in [2.75, 3.05) is 26.2 Å². The molecule has 1 aliphatic rings. The number of hydrogen-bond donors (Lipinski definition) is 0. The Kier molecular flexibility index (Phi) is 6.50. The maximum absolute atomic E-state index is 13.5. The molecule has 1 aromatic heterocycles. The molecule has 4 nitrogen and oxygen atoms in total. The number of fused-ring (bicyclic) bond motifs is 1. The minimum absolute atomic E-state index is 0.0431. The summed E-state index contributed by atoms with van der Waals surface area (Å²) in [5, 5.41) is 1.23. The normalized spacial score (nSPS) is 15.5. The number of aromatic nitrogens is 1. The Bertz CT molecular complexity index is 1250. The molecule has 0 bridgehead atoms. The van der Waals surface area contributed by atoms with Crippen LogP contribution >= 0.6 is 0 Å². The zero-order valence-corrected chi connectivity index (χ0v) is 20.2. The third-order valence-corrected chi connectivity index (χ3v) is 7.14. The number of piperazine rings is 1. The third kappa shape index (κ3) is 4.78. The molecule has 2 heterocycles. The summed E-state index contributed by atoms with van der Waals surface area (Å²) in [7, 11) is 2.09. The monoisotopic (exact) mass is 451 g/mol. The highest BCUT2D eigenvalue weighted by Crippen LogP contribution is 2.35. The van der Waals surface area contributed by atoms with Crippen LogP contribution in [0.3, 0.4) is 0 Å². The van der Waals surface area contributed by atoms with Crippen LogP contribution in [-0.2, 0) is 18.4 Å². The van der Waals surface area contributed by atoms with Gasteiger partial charge in [-0.15, -0.1) is 0 Å². The van der Waals surface area contributed by atoms with E-state index in [4.69, 9.17) is 0 Å². The maximum Gasteiger partial charge on any atom is 0.223 e. The Labute approximate surface area is 202 Å². The zero-order valence-electron chi connectivity index (χ0n) is 20.2. The minimum Gasteiger partial charge on any atom is -0.350 e. The SMILES string of the molecule is Cc1ccc([C@H](CC(=O)N2CCN(Cc3ccccc3)CC2)c2cn(C)c3ccccc23)cc1. The van der Waals surface area contributed by atoms with Crippen LogP contribution < -0.4 is 0 Å². The molecule has 0 unspecified atom stereocenters. The highest BCUT2D eigenvalue weighted by molar-refractivity contribution is 5.86. The Morgan fingerprint density at radius 2 is 1.53 bits per heavy atom. The molecule has 0 aliphatic carbocycles. The number of aryl methyl sites for hydroxylation is 2. The fourth-order valence-electron chi connectivity index (χ4n) is 5.16. The number of carbonyl (C=O) groups is 1. The highest BCUT2D eigenvalue weighted by atomic mass is 16.2. The molecule has 4 heteroatoms. The molecule has 1 fully saturated rings. The van der Waals surface area contributed by atoms with Gasteiger partial charge in [-0.2, -0.15) is 0 Å². The molecular weight excluding hydrogens is 418 g/mol. The van der Waals surface area contributed by atoms with Crippen LogP contribution in [-0.4, -0.2) is 46.5 Å². The standard InChI is InChI=1S/C30H33N3O/c1-23-12-14-25(15-13-23)27(28-22-31(2)29-11-7-6-10-26(28)29)20-30(34)33-18-16-32(17-19-33)21-24-8-4-3-5-9-24/h3-15,22,27H,16-21H2,1-2H3/t27-/m0/s1. The smallest absolute Gasteiger partial charge is 0.223 e. The van der Waals surface area contributed by atoms with Crippen molar-refractivity contribution in [3.8, 4) is 0 Å². The van der Waals surface area contributed by atoms with E-state index in [9.17, 15) is 4.79 Å². The van der Waals surface area contributed by atoms with Gasteiger partial charge in [0.25, 0.3) is 0 Å². The number of rotatable bonds is 6. The summed E-state index contributed by atoms with van der Waals surface area (Å²) in [5.41, 5.74) is 6.21. The van der Waals surface area contributed by atoms with Crippen molar-refractivity contribution in [1.82, 2.24) is 14.4 Å². The quantitative estimate of drug-likeness (QED) is 0.395. The fraction of sp³-hybridized carbons (Fsp3) is 0.300. The number of carbonyl (C=O) groups excluding carboxylic acids is 1. The molecule has 0 radical (unpaired) electrons. The average molecular weight is 452 g/mol. The lowest BCUT2D eigenvalue weighted by molar-refractivity contribution is -0.133. The fourth-order valence-corrected chi connectivity index (χ4v) is 5.16. The van der Waals surface area contributed by atoms with Crippen LogP contribution in [0.2, 0.25) is 0 Å². The van der Waals surface area contributed by atoms with Crippen molar-refractivity contribution in [1.29, 1.82) is 0 Å². The van der Waals surface area contributed by atoms with Gasteiger partial charge in [-0.3, -0.25) is 9.69 Å². The summed E-state index contributed by atoms with van der Waals surface area (Å²) in [6.45, 7) is 6.49. The van der Waals surface area contributed by atoms with Crippen LogP contribution in [0.15, 0.2) is 85.1 Å². The molecule has 1 atom stereocenters. The molecule has 34 heavy (non-hydrogen) atoms. The predicted molar refractivity (Wildman–Crippen MR) is 139 cm³/mol. The molecule has 174 valence electrons. The van der Waals surface area contributed by atoms with Gasteiger partial charge in [0, 0.05) is 69.2 Å². The number of benzene rings is 3. The van der Waals surface area contributed by atoms with E-state index in [0.717, 1.165) is 32.7 Å². The van der Waals surface area contributed by atoms with Crippen molar-refractivity contribution in [3.05, 3.63) is 107 Å². The van der Waals surface area contributed by atoms with E-state index in [1.807, 2.05) is 0 Å². The average Bonchev–Trinajstić information content (AvgIpc) is 3.20. The lowest BCUT2D eigenvalue weighted by atomic mass is 9.87. The van der Waals surface area contributed by atoms with Crippen LogP contribution in [0.25, 0.3) is 10.9 Å². The Morgan fingerprint density at radius 3 is 2.26 bits per heavy atom. The van der Waals surface area contributed by atoms with E-state index in [1.165, 1.54) is 33.2 Å². The van der Waals surface area contributed by atoms with E-state index in [-0.39, 0.29) is 11.8 Å². The lowest BCUT2D eigenvalue weighted by Crippen LogP contribution is -2.48. The first kappa shape index (κ1) is 22.4. The molecule has 1 aliphatic heterocycles. The number of nitrogens with zero attached hydrogens (tertiary/aromatic N) is 3. The van der Waals surface area contributed by atoms with Gasteiger partial charge in [0.15, 0.2) is 0 Å². The van der Waals surface area contributed by atoms with E-state index < -0.39 is 0 Å². The highest BCUT2D eigenvalue weighted by Gasteiger charge is 2.27.